The molecule has 0 aromatic heterocycles. The predicted molar refractivity (Wildman–Crippen MR) is 64.2 cm³/mol. The van der Waals surface area contributed by atoms with Gasteiger partial charge in [-0.3, -0.25) is 4.79 Å². The quantitative estimate of drug-likeness (QED) is 0.738. The van der Waals surface area contributed by atoms with E-state index < -0.39 is 5.82 Å². The molecule has 0 fully saturated rings. The van der Waals surface area contributed by atoms with Crippen molar-refractivity contribution >= 4 is 11.6 Å². The molecule has 1 rings (SSSR count). The van der Waals surface area contributed by atoms with Crippen LogP contribution >= 0.6 is 0 Å². The first-order valence-corrected chi connectivity index (χ1v) is 5.45. The number of ether oxygens (including phenoxy) is 1. The summed E-state index contributed by atoms with van der Waals surface area (Å²) in [6, 6.07) is 5.77. The van der Waals surface area contributed by atoms with Gasteiger partial charge in [-0.25, -0.2) is 4.39 Å². The van der Waals surface area contributed by atoms with Gasteiger partial charge in [0.25, 0.3) is 0 Å². The first-order valence-electron chi connectivity index (χ1n) is 5.45. The number of hydrogen-bond acceptors (Lipinski definition) is 4. The summed E-state index contributed by atoms with van der Waals surface area (Å²) in [7, 11) is 0. The van der Waals surface area contributed by atoms with Crippen molar-refractivity contribution in [1.82, 2.24) is 0 Å². The number of amides is 1. The SMILES string of the molecule is N#Cc1c(F)cccc1NC(=O)CCOCCN. The lowest BCUT2D eigenvalue weighted by molar-refractivity contribution is -0.117. The average Bonchev–Trinajstić information content (AvgIpc) is 2.35. The normalized spacial score (nSPS) is 9.83. The molecule has 1 aromatic rings. The van der Waals surface area contributed by atoms with E-state index >= 15 is 0 Å². The highest BCUT2D eigenvalue weighted by atomic mass is 19.1. The van der Waals surface area contributed by atoms with Crippen LogP contribution in [0.5, 0.6) is 0 Å². The molecule has 1 amide bonds. The van der Waals surface area contributed by atoms with Crippen LogP contribution in [0.1, 0.15) is 12.0 Å². The first kappa shape index (κ1) is 14.1. The van der Waals surface area contributed by atoms with Crippen molar-refractivity contribution in [2.24, 2.45) is 5.73 Å². The average molecular weight is 251 g/mol. The number of anilines is 1. The highest BCUT2D eigenvalue weighted by Crippen LogP contribution is 2.17. The van der Waals surface area contributed by atoms with Gasteiger partial charge in [-0.2, -0.15) is 5.26 Å². The number of benzene rings is 1. The number of carbonyl (C=O) groups is 1. The largest absolute Gasteiger partial charge is 0.380 e. The molecule has 18 heavy (non-hydrogen) atoms. The van der Waals surface area contributed by atoms with Gasteiger partial charge in [0.15, 0.2) is 0 Å². The molecule has 96 valence electrons. The highest BCUT2D eigenvalue weighted by Gasteiger charge is 2.10. The van der Waals surface area contributed by atoms with Crippen LogP contribution in [0.15, 0.2) is 18.2 Å². The lowest BCUT2D eigenvalue weighted by atomic mass is 10.2. The highest BCUT2D eigenvalue weighted by molar-refractivity contribution is 5.92. The van der Waals surface area contributed by atoms with Gasteiger partial charge >= 0.3 is 0 Å². The molecule has 0 saturated carbocycles. The molecule has 0 aliphatic rings. The Hall–Kier alpha value is -1.97. The molecule has 0 radical (unpaired) electrons. The lowest BCUT2D eigenvalue weighted by Crippen LogP contribution is -2.17. The van der Waals surface area contributed by atoms with E-state index in [0.29, 0.717) is 13.2 Å². The molecular formula is C12H14FN3O2. The van der Waals surface area contributed by atoms with E-state index in [1.54, 1.807) is 6.07 Å². The van der Waals surface area contributed by atoms with E-state index in [1.807, 2.05) is 0 Å². The van der Waals surface area contributed by atoms with Gasteiger partial charge in [-0.05, 0) is 12.1 Å². The van der Waals surface area contributed by atoms with Crippen molar-refractivity contribution < 1.29 is 13.9 Å². The second kappa shape index (κ2) is 7.37. The number of nitrogens with one attached hydrogen (secondary N) is 1. The number of nitrogens with two attached hydrogens (primary N) is 1. The third-order valence-corrected chi connectivity index (χ3v) is 2.14. The van der Waals surface area contributed by atoms with E-state index in [2.05, 4.69) is 5.32 Å². The van der Waals surface area contributed by atoms with Gasteiger partial charge in [0.05, 0.1) is 25.3 Å². The Balaban J connectivity index is 2.55. The van der Waals surface area contributed by atoms with Gasteiger partial charge in [0, 0.05) is 6.54 Å². The minimum Gasteiger partial charge on any atom is -0.380 e. The molecule has 6 heteroatoms. The Morgan fingerprint density at radius 1 is 1.50 bits per heavy atom. The van der Waals surface area contributed by atoms with Crippen LogP contribution in [0, 0.1) is 17.1 Å². The number of carbonyl (C=O) groups excluding carboxylic acids is 1. The molecule has 0 aliphatic heterocycles. The fourth-order valence-electron chi connectivity index (χ4n) is 1.30. The van der Waals surface area contributed by atoms with Crippen molar-refractivity contribution in [2.45, 2.75) is 6.42 Å². The van der Waals surface area contributed by atoms with Crippen LogP contribution in [0.2, 0.25) is 0 Å². The van der Waals surface area contributed by atoms with Crippen LogP contribution in [0.4, 0.5) is 10.1 Å². The summed E-state index contributed by atoms with van der Waals surface area (Å²) in [5.74, 6) is -0.996. The maximum absolute atomic E-state index is 13.2. The number of halogens is 1. The maximum atomic E-state index is 13.2. The summed E-state index contributed by atoms with van der Waals surface area (Å²) in [5.41, 5.74) is 5.22. The number of nitrogens with zero attached hydrogens (tertiary/aromatic N) is 1. The third kappa shape index (κ3) is 4.13. The van der Waals surface area contributed by atoms with Crippen LogP contribution in [-0.4, -0.2) is 25.7 Å². The number of hydrogen-bond donors (Lipinski definition) is 2. The fraction of sp³-hybridized carbons (Fsp3) is 0.333. The van der Waals surface area contributed by atoms with Crippen molar-refractivity contribution in [3.05, 3.63) is 29.6 Å². The molecular weight excluding hydrogens is 237 g/mol. The summed E-state index contributed by atoms with van der Waals surface area (Å²) < 4.78 is 18.3. The Labute approximate surface area is 104 Å². The Morgan fingerprint density at radius 3 is 2.94 bits per heavy atom. The minimum absolute atomic E-state index is 0.126. The van der Waals surface area contributed by atoms with E-state index in [-0.39, 0.29) is 30.2 Å². The molecule has 0 heterocycles. The van der Waals surface area contributed by atoms with Crippen LogP contribution in [0.25, 0.3) is 0 Å². The molecule has 0 atom stereocenters. The van der Waals surface area contributed by atoms with Gasteiger partial charge in [0.1, 0.15) is 17.4 Å². The van der Waals surface area contributed by atoms with E-state index in [1.165, 1.54) is 18.2 Å². The molecule has 5 nitrogen and oxygen atoms in total. The summed E-state index contributed by atoms with van der Waals surface area (Å²) in [6.07, 6.45) is 0.126. The minimum atomic E-state index is -0.658. The summed E-state index contributed by atoms with van der Waals surface area (Å²) in [5, 5.41) is 11.2. The van der Waals surface area contributed by atoms with Crippen molar-refractivity contribution in [3.63, 3.8) is 0 Å². The zero-order valence-corrected chi connectivity index (χ0v) is 9.78. The first-order chi connectivity index (χ1) is 8.69. The van der Waals surface area contributed by atoms with E-state index in [4.69, 9.17) is 15.7 Å². The van der Waals surface area contributed by atoms with Crippen LogP contribution < -0.4 is 11.1 Å². The Kier molecular flexibility index (Phi) is 5.77. The van der Waals surface area contributed by atoms with Gasteiger partial charge in [-0.1, -0.05) is 6.07 Å². The topological polar surface area (TPSA) is 88.1 Å². The van der Waals surface area contributed by atoms with Crippen molar-refractivity contribution in [2.75, 3.05) is 25.1 Å². The third-order valence-electron chi connectivity index (χ3n) is 2.14. The predicted octanol–water partition coefficient (Wildman–Crippen LogP) is 1.00. The fourth-order valence-corrected chi connectivity index (χ4v) is 1.30. The summed E-state index contributed by atoms with van der Waals surface area (Å²) in [4.78, 5) is 11.5. The monoisotopic (exact) mass is 251 g/mol. The maximum Gasteiger partial charge on any atom is 0.226 e. The summed E-state index contributed by atoms with van der Waals surface area (Å²) in [6.45, 7) is 1.01. The molecule has 0 saturated heterocycles. The summed E-state index contributed by atoms with van der Waals surface area (Å²) >= 11 is 0. The lowest BCUT2D eigenvalue weighted by Gasteiger charge is -2.07. The zero-order chi connectivity index (χ0) is 13.4. The second-order valence-corrected chi connectivity index (χ2v) is 3.47. The van der Waals surface area contributed by atoms with Gasteiger partial charge < -0.3 is 15.8 Å². The standard InChI is InChI=1S/C12H14FN3O2/c13-10-2-1-3-11(9(10)8-15)16-12(17)4-6-18-7-5-14/h1-3H,4-7,14H2,(H,16,17). The Bertz CT molecular complexity index is 457. The molecule has 0 bridgehead atoms. The number of nitriles is 1. The van der Waals surface area contributed by atoms with E-state index in [9.17, 15) is 9.18 Å². The van der Waals surface area contributed by atoms with Crippen molar-refractivity contribution in [1.29, 1.82) is 5.26 Å². The number of rotatable bonds is 6. The van der Waals surface area contributed by atoms with Gasteiger partial charge in [0.2, 0.25) is 5.91 Å². The molecule has 0 unspecified atom stereocenters. The van der Waals surface area contributed by atoms with Crippen molar-refractivity contribution in [3.8, 4) is 6.07 Å². The smallest absolute Gasteiger partial charge is 0.226 e. The van der Waals surface area contributed by atoms with Gasteiger partial charge in [-0.15, -0.1) is 0 Å². The molecule has 0 spiro atoms. The molecule has 0 aliphatic carbocycles. The van der Waals surface area contributed by atoms with Crippen LogP contribution in [0.3, 0.4) is 0 Å². The Morgan fingerprint density at radius 2 is 2.28 bits per heavy atom. The molecule has 1 aromatic carbocycles. The van der Waals surface area contributed by atoms with Crippen LogP contribution in [-0.2, 0) is 9.53 Å². The van der Waals surface area contributed by atoms with E-state index in [0.717, 1.165) is 0 Å². The second-order valence-electron chi connectivity index (χ2n) is 3.47. The zero-order valence-electron chi connectivity index (χ0n) is 9.78. The molecule has 3 N–H and O–H groups in total.